The van der Waals surface area contributed by atoms with E-state index in [4.69, 9.17) is 10.1 Å². The van der Waals surface area contributed by atoms with Crippen molar-refractivity contribution in [3.63, 3.8) is 0 Å². The first kappa shape index (κ1) is 21.8. The average Bonchev–Trinajstić information content (AvgIpc) is 3.46. The molecule has 4 aromatic carbocycles. The molecule has 0 spiro atoms. The molecule has 0 amide bonds. The molecule has 0 N–H and O–H groups in total. The van der Waals surface area contributed by atoms with Crippen LogP contribution in [-0.2, 0) is 5.41 Å². The lowest BCUT2D eigenvalue weighted by atomic mass is 9.69. The Morgan fingerprint density at radius 3 is 1.64 bits per heavy atom. The van der Waals surface area contributed by atoms with Crippen LogP contribution in [0.1, 0.15) is 22.5 Å². The highest BCUT2D eigenvalue weighted by molar-refractivity contribution is 5.62. The van der Waals surface area contributed by atoms with Gasteiger partial charge in [-0.15, -0.1) is 0 Å². The topological polar surface area (TPSA) is 30.7 Å². The summed E-state index contributed by atoms with van der Waals surface area (Å²) in [6.45, 7) is 0. The Morgan fingerprint density at radius 1 is 0.472 bits per heavy atom. The monoisotopic (exact) mass is 463 g/mol. The second-order valence-corrected chi connectivity index (χ2v) is 8.74. The van der Waals surface area contributed by atoms with Gasteiger partial charge < -0.3 is 0 Å². The van der Waals surface area contributed by atoms with E-state index >= 15 is 0 Å². The molecule has 3 heteroatoms. The van der Waals surface area contributed by atoms with Gasteiger partial charge in [0.1, 0.15) is 5.41 Å². The molecule has 0 atom stereocenters. The van der Waals surface area contributed by atoms with Gasteiger partial charge in [-0.2, -0.15) is 5.10 Å². The third-order valence-electron chi connectivity index (χ3n) is 6.61. The first-order chi connectivity index (χ1) is 17.9. The van der Waals surface area contributed by atoms with Gasteiger partial charge >= 0.3 is 0 Å². The largest absolute Gasteiger partial charge is 0.251 e. The molecule has 6 aromatic rings. The van der Waals surface area contributed by atoms with Crippen LogP contribution >= 0.6 is 0 Å². The lowest BCUT2D eigenvalue weighted by Crippen LogP contribution is -2.33. The summed E-state index contributed by atoms with van der Waals surface area (Å²) in [7, 11) is 0. The Bertz CT molecular complexity index is 1520. The maximum absolute atomic E-state index is 5.28. The molecule has 36 heavy (non-hydrogen) atoms. The molecule has 172 valence electrons. The summed E-state index contributed by atoms with van der Waals surface area (Å²) in [5.41, 5.74) is 6.43. The molecule has 0 aliphatic rings. The summed E-state index contributed by atoms with van der Waals surface area (Å²) in [6, 6.07) is 50.1. The Morgan fingerprint density at radius 2 is 1.03 bits per heavy atom. The van der Waals surface area contributed by atoms with Crippen LogP contribution in [0.5, 0.6) is 0 Å². The molecule has 0 saturated heterocycles. The van der Waals surface area contributed by atoms with Crippen molar-refractivity contribution < 1.29 is 0 Å². The molecule has 0 radical (unpaired) electrons. The maximum Gasteiger partial charge on any atom is 0.106 e. The van der Waals surface area contributed by atoms with Crippen LogP contribution in [0.4, 0.5) is 0 Å². The van der Waals surface area contributed by atoms with Crippen LogP contribution in [0, 0.1) is 0 Å². The summed E-state index contributed by atoms with van der Waals surface area (Å²) >= 11 is 0. The second kappa shape index (κ2) is 9.47. The van der Waals surface area contributed by atoms with Crippen molar-refractivity contribution in [1.29, 1.82) is 0 Å². The SMILES string of the molecule is c1ccc(-c2cccc(C(c3ccccc3)(c3ccccc3)c3ccn(-c4ccccc4)n3)n2)cc1. The fraction of sp³-hybridized carbons (Fsp3) is 0.0303. The maximum atomic E-state index is 5.28. The molecule has 0 saturated carbocycles. The Hall–Kier alpha value is -4.76. The number of rotatable bonds is 6. The number of nitrogens with zero attached hydrogens (tertiary/aromatic N) is 3. The zero-order valence-corrected chi connectivity index (χ0v) is 19.8. The van der Waals surface area contributed by atoms with Crippen LogP contribution in [0.3, 0.4) is 0 Å². The van der Waals surface area contributed by atoms with Crippen LogP contribution < -0.4 is 0 Å². The molecule has 0 aliphatic heterocycles. The number of hydrogen-bond donors (Lipinski definition) is 0. The van der Waals surface area contributed by atoms with Gasteiger partial charge in [-0.3, -0.25) is 4.98 Å². The van der Waals surface area contributed by atoms with E-state index in [1.54, 1.807) is 0 Å². The van der Waals surface area contributed by atoms with Gasteiger partial charge in [-0.05, 0) is 41.5 Å². The fourth-order valence-corrected chi connectivity index (χ4v) is 4.93. The van der Waals surface area contributed by atoms with Crippen molar-refractivity contribution in [2.45, 2.75) is 5.41 Å². The molecular formula is C33H25N3. The third-order valence-corrected chi connectivity index (χ3v) is 6.61. The van der Waals surface area contributed by atoms with E-state index in [2.05, 4.69) is 109 Å². The van der Waals surface area contributed by atoms with Gasteiger partial charge in [0.05, 0.1) is 22.8 Å². The van der Waals surface area contributed by atoms with E-state index in [0.29, 0.717) is 0 Å². The number of aromatic nitrogens is 3. The van der Waals surface area contributed by atoms with Crippen molar-refractivity contribution >= 4 is 0 Å². The summed E-state index contributed by atoms with van der Waals surface area (Å²) < 4.78 is 1.94. The number of para-hydroxylation sites is 1. The fourth-order valence-electron chi connectivity index (χ4n) is 4.93. The molecule has 6 rings (SSSR count). The highest BCUT2D eigenvalue weighted by Crippen LogP contribution is 2.44. The van der Waals surface area contributed by atoms with E-state index in [1.807, 2.05) is 47.3 Å². The molecule has 0 bridgehead atoms. The lowest BCUT2D eigenvalue weighted by Gasteiger charge is -2.33. The molecule has 2 aromatic heterocycles. The normalized spacial score (nSPS) is 11.3. The molecule has 0 unspecified atom stereocenters. The Balaban J connectivity index is 1.65. The van der Waals surface area contributed by atoms with Gasteiger partial charge in [0.15, 0.2) is 0 Å². The van der Waals surface area contributed by atoms with E-state index in [1.165, 1.54) is 0 Å². The average molecular weight is 464 g/mol. The van der Waals surface area contributed by atoms with Crippen LogP contribution in [0.25, 0.3) is 16.9 Å². The predicted octanol–water partition coefficient (Wildman–Crippen LogP) is 7.32. The van der Waals surface area contributed by atoms with Crippen LogP contribution in [0.2, 0.25) is 0 Å². The smallest absolute Gasteiger partial charge is 0.106 e. The van der Waals surface area contributed by atoms with Crippen LogP contribution in [0.15, 0.2) is 152 Å². The summed E-state index contributed by atoms with van der Waals surface area (Å²) in [5, 5.41) is 5.16. The van der Waals surface area contributed by atoms with Crippen molar-refractivity contribution in [2.24, 2.45) is 0 Å². The highest BCUT2D eigenvalue weighted by Gasteiger charge is 2.42. The van der Waals surface area contributed by atoms with Crippen molar-refractivity contribution in [3.05, 3.63) is 174 Å². The zero-order chi connectivity index (χ0) is 24.2. The van der Waals surface area contributed by atoms with Gasteiger partial charge in [0, 0.05) is 11.8 Å². The van der Waals surface area contributed by atoms with E-state index in [-0.39, 0.29) is 0 Å². The lowest BCUT2D eigenvalue weighted by molar-refractivity contribution is 0.670. The first-order valence-corrected chi connectivity index (χ1v) is 12.1. The van der Waals surface area contributed by atoms with Crippen molar-refractivity contribution in [3.8, 4) is 16.9 Å². The second-order valence-electron chi connectivity index (χ2n) is 8.74. The van der Waals surface area contributed by atoms with Gasteiger partial charge in [0.25, 0.3) is 0 Å². The van der Waals surface area contributed by atoms with Gasteiger partial charge in [0.2, 0.25) is 0 Å². The minimum absolute atomic E-state index is 0.701. The Kier molecular flexibility index (Phi) is 5.72. The Labute approximate surface area is 211 Å². The van der Waals surface area contributed by atoms with E-state index in [9.17, 15) is 0 Å². The number of hydrogen-bond acceptors (Lipinski definition) is 2. The highest BCUT2D eigenvalue weighted by atomic mass is 15.3. The van der Waals surface area contributed by atoms with E-state index < -0.39 is 5.41 Å². The molecule has 2 heterocycles. The summed E-state index contributed by atoms with van der Waals surface area (Å²) in [4.78, 5) is 5.28. The third kappa shape index (κ3) is 3.81. The quantitative estimate of drug-likeness (QED) is 0.259. The molecular weight excluding hydrogens is 438 g/mol. The number of pyridine rings is 1. The first-order valence-electron chi connectivity index (χ1n) is 12.1. The summed E-state index contributed by atoms with van der Waals surface area (Å²) in [5.74, 6) is 0. The van der Waals surface area contributed by atoms with Crippen molar-refractivity contribution in [1.82, 2.24) is 14.8 Å². The molecule has 0 fully saturated rings. The van der Waals surface area contributed by atoms with E-state index in [0.717, 1.165) is 39.5 Å². The standard InChI is InChI=1S/C33H25N3/c1-5-14-26(15-6-1)30-22-13-23-31(34-30)33(27-16-7-2-8-17-27,28-18-9-3-10-19-28)32-24-25-36(35-32)29-20-11-4-12-21-29/h1-25H. The van der Waals surface area contributed by atoms with Crippen molar-refractivity contribution in [2.75, 3.05) is 0 Å². The summed E-state index contributed by atoms with van der Waals surface area (Å²) in [6.07, 6.45) is 2.03. The van der Waals surface area contributed by atoms with Crippen LogP contribution in [-0.4, -0.2) is 14.8 Å². The van der Waals surface area contributed by atoms with Gasteiger partial charge in [-0.25, -0.2) is 4.68 Å². The molecule has 3 nitrogen and oxygen atoms in total. The van der Waals surface area contributed by atoms with Gasteiger partial charge in [-0.1, -0.05) is 115 Å². The predicted molar refractivity (Wildman–Crippen MR) is 145 cm³/mol. The number of benzene rings is 4. The zero-order valence-electron chi connectivity index (χ0n) is 19.8. The molecule has 0 aliphatic carbocycles. The minimum Gasteiger partial charge on any atom is -0.251 e. The minimum atomic E-state index is -0.701.